The summed E-state index contributed by atoms with van der Waals surface area (Å²) < 4.78 is 17.6. The first-order chi connectivity index (χ1) is 20.7. The van der Waals surface area contributed by atoms with Crippen molar-refractivity contribution in [2.75, 3.05) is 25.5 Å². The van der Waals surface area contributed by atoms with E-state index in [0.29, 0.717) is 22.9 Å². The van der Waals surface area contributed by atoms with Gasteiger partial charge in [-0.15, -0.1) is 0 Å². The van der Waals surface area contributed by atoms with Crippen LogP contribution in [0.25, 0.3) is 27.7 Å². The van der Waals surface area contributed by atoms with E-state index in [-0.39, 0.29) is 45.1 Å². The minimum Gasteiger partial charge on any atom is -0.392 e. The highest BCUT2D eigenvalue weighted by Gasteiger charge is 2.62. The number of halogens is 1. The molecule has 1 spiro atoms. The van der Waals surface area contributed by atoms with E-state index in [1.807, 2.05) is 27.8 Å². The van der Waals surface area contributed by atoms with E-state index >= 15 is 4.39 Å². The lowest BCUT2D eigenvalue weighted by atomic mass is 9.86. The van der Waals surface area contributed by atoms with Crippen molar-refractivity contribution in [1.82, 2.24) is 24.2 Å². The summed E-state index contributed by atoms with van der Waals surface area (Å²) in [6.07, 6.45) is 5.12. The molecule has 4 heterocycles. The van der Waals surface area contributed by atoms with Crippen molar-refractivity contribution in [3.05, 3.63) is 92.7 Å². The van der Waals surface area contributed by atoms with E-state index < -0.39 is 23.5 Å². The number of carbonyl (C=O) groups is 1. The normalized spacial score (nSPS) is 20.1. The maximum absolute atomic E-state index is 15.3. The van der Waals surface area contributed by atoms with Gasteiger partial charge in [0.1, 0.15) is 11.5 Å². The maximum Gasteiger partial charge on any atom is 0.283 e. The SMILES string of the molecule is C=C1CN(C)CC12CC2C(=O)Nc1cc(-c2ccnc(-n3ncc4cc(C(C)(C)C)cc(F)c4c3=O)c2CO)cn(C)c1=O. The summed E-state index contributed by atoms with van der Waals surface area (Å²) in [5, 5.41) is 17.8. The van der Waals surface area contributed by atoms with Crippen molar-refractivity contribution in [2.24, 2.45) is 18.4 Å². The van der Waals surface area contributed by atoms with E-state index in [1.54, 1.807) is 31.4 Å². The van der Waals surface area contributed by atoms with Gasteiger partial charge in [0.05, 0.1) is 18.2 Å². The van der Waals surface area contributed by atoms with Gasteiger partial charge in [-0.25, -0.2) is 9.37 Å². The number of carbonyl (C=O) groups excluding carboxylic acids is 1. The highest BCUT2D eigenvalue weighted by molar-refractivity contribution is 5.96. The third kappa shape index (κ3) is 4.76. The van der Waals surface area contributed by atoms with Crippen LogP contribution in [0.15, 0.2) is 64.6 Å². The minimum atomic E-state index is -0.717. The Labute approximate surface area is 253 Å². The van der Waals surface area contributed by atoms with Gasteiger partial charge in [-0.1, -0.05) is 32.9 Å². The van der Waals surface area contributed by atoms with Gasteiger partial charge in [-0.2, -0.15) is 9.78 Å². The number of likely N-dealkylation sites (N-methyl/N-ethyl adjacent to an activating group) is 1. The number of aryl methyl sites for hydroxylation is 1. The van der Waals surface area contributed by atoms with Crippen LogP contribution in [0, 0.1) is 17.2 Å². The van der Waals surface area contributed by atoms with Gasteiger partial charge < -0.3 is 19.9 Å². The van der Waals surface area contributed by atoms with Gasteiger partial charge in [0, 0.05) is 60.4 Å². The zero-order valence-electron chi connectivity index (χ0n) is 25.4. The molecule has 228 valence electrons. The number of aliphatic hydroxyl groups is 1. The maximum atomic E-state index is 15.3. The summed E-state index contributed by atoms with van der Waals surface area (Å²) in [7, 11) is 3.56. The van der Waals surface area contributed by atoms with Gasteiger partial charge in [0.25, 0.3) is 11.1 Å². The number of aromatic nitrogens is 4. The summed E-state index contributed by atoms with van der Waals surface area (Å²) in [4.78, 5) is 46.3. The largest absolute Gasteiger partial charge is 0.392 e. The lowest BCUT2D eigenvalue weighted by Crippen LogP contribution is -2.27. The zero-order valence-corrected chi connectivity index (χ0v) is 25.4. The molecular weight excluding hydrogens is 563 g/mol. The van der Waals surface area contributed by atoms with Crippen LogP contribution in [0.5, 0.6) is 0 Å². The Morgan fingerprint density at radius 2 is 1.95 bits per heavy atom. The Bertz CT molecular complexity index is 1990. The van der Waals surface area contributed by atoms with Gasteiger partial charge in [0.15, 0.2) is 5.82 Å². The van der Waals surface area contributed by atoms with Crippen molar-refractivity contribution in [2.45, 2.75) is 39.2 Å². The van der Waals surface area contributed by atoms with E-state index in [0.717, 1.165) is 28.9 Å². The summed E-state index contributed by atoms with van der Waals surface area (Å²) in [5.41, 5.74) is 1.37. The smallest absolute Gasteiger partial charge is 0.283 e. The highest BCUT2D eigenvalue weighted by Crippen LogP contribution is 2.60. The van der Waals surface area contributed by atoms with Crippen LogP contribution in [0.1, 0.15) is 38.3 Å². The molecule has 0 bridgehead atoms. The van der Waals surface area contributed by atoms with Gasteiger partial charge in [-0.3, -0.25) is 14.4 Å². The molecule has 1 saturated carbocycles. The number of aliphatic hydroxyl groups excluding tert-OH is 1. The van der Waals surface area contributed by atoms with Crippen LogP contribution >= 0.6 is 0 Å². The second-order valence-electron chi connectivity index (χ2n) is 13.1. The number of hydrogen-bond acceptors (Lipinski definition) is 7. The Morgan fingerprint density at radius 1 is 1.20 bits per heavy atom. The monoisotopic (exact) mass is 598 g/mol. The van der Waals surface area contributed by atoms with Crippen LogP contribution in [-0.2, 0) is 23.9 Å². The lowest BCUT2D eigenvalue weighted by molar-refractivity contribution is -0.117. The first-order valence-electron chi connectivity index (χ1n) is 14.4. The fraction of sp³-hybridized carbons (Fsp3) is 0.364. The molecule has 2 N–H and O–H groups in total. The van der Waals surface area contributed by atoms with Gasteiger partial charge in [0.2, 0.25) is 5.91 Å². The molecule has 2 atom stereocenters. The Balaban J connectivity index is 1.39. The Morgan fingerprint density at radius 3 is 2.61 bits per heavy atom. The van der Waals surface area contributed by atoms with E-state index in [9.17, 15) is 19.5 Å². The predicted octanol–water partition coefficient (Wildman–Crippen LogP) is 3.52. The number of amides is 1. The molecular formula is C33H35FN6O4. The summed E-state index contributed by atoms with van der Waals surface area (Å²) in [6.45, 7) is 11.0. The average molecular weight is 599 g/mol. The van der Waals surface area contributed by atoms with Crippen LogP contribution < -0.4 is 16.4 Å². The number of rotatable bonds is 5. The Kier molecular flexibility index (Phi) is 6.93. The number of benzene rings is 1. The number of nitrogens with zero attached hydrogens (tertiary/aromatic N) is 5. The molecule has 1 saturated heterocycles. The number of fused-ring (bicyclic) bond motifs is 1. The van der Waals surface area contributed by atoms with Crippen molar-refractivity contribution in [3.63, 3.8) is 0 Å². The van der Waals surface area contributed by atoms with Crippen LogP contribution in [0.4, 0.5) is 10.1 Å². The molecule has 0 radical (unpaired) electrons. The Hall–Kier alpha value is -4.48. The molecule has 2 unspecified atom stereocenters. The third-order valence-corrected chi connectivity index (χ3v) is 8.96. The number of likely N-dealkylation sites (tertiary alicyclic amines) is 1. The third-order valence-electron chi connectivity index (χ3n) is 8.96. The number of anilines is 1. The molecule has 1 aliphatic heterocycles. The molecule has 11 heteroatoms. The fourth-order valence-corrected chi connectivity index (χ4v) is 6.42. The molecule has 2 aliphatic rings. The number of pyridine rings is 2. The number of nitrogens with one attached hydrogen (secondary N) is 1. The van der Waals surface area contributed by atoms with Crippen molar-refractivity contribution in [3.8, 4) is 16.9 Å². The highest BCUT2D eigenvalue weighted by atomic mass is 19.1. The molecule has 4 aromatic rings. The van der Waals surface area contributed by atoms with Crippen LogP contribution in [0.3, 0.4) is 0 Å². The van der Waals surface area contributed by atoms with Crippen molar-refractivity contribution >= 4 is 22.4 Å². The van der Waals surface area contributed by atoms with Crippen LogP contribution in [0.2, 0.25) is 0 Å². The molecule has 10 nitrogen and oxygen atoms in total. The van der Waals surface area contributed by atoms with Gasteiger partial charge >= 0.3 is 0 Å². The van der Waals surface area contributed by atoms with E-state index in [1.165, 1.54) is 23.0 Å². The molecule has 44 heavy (non-hydrogen) atoms. The minimum absolute atomic E-state index is 0.0272. The molecule has 1 aliphatic carbocycles. The average Bonchev–Trinajstić information content (AvgIpc) is 3.61. The molecule has 6 rings (SSSR count). The summed E-state index contributed by atoms with van der Waals surface area (Å²) in [5.74, 6) is -1.14. The second kappa shape index (κ2) is 10.3. The first-order valence-corrected chi connectivity index (χ1v) is 14.4. The first kappa shape index (κ1) is 29.6. The molecule has 1 amide bonds. The molecule has 1 aromatic carbocycles. The molecule has 2 fully saturated rings. The number of hydrogen-bond donors (Lipinski definition) is 2. The summed E-state index contributed by atoms with van der Waals surface area (Å²) in [6, 6.07) is 6.29. The molecule has 3 aromatic heterocycles. The second-order valence-corrected chi connectivity index (χ2v) is 13.1. The van der Waals surface area contributed by atoms with Gasteiger partial charge in [-0.05, 0) is 54.3 Å². The van der Waals surface area contributed by atoms with E-state index in [4.69, 9.17) is 0 Å². The zero-order chi connectivity index (χ0) is 31.7. The summed E-state index contributed by atoms with van der Waals surface area (Å²) >= 11 is 0. The van der Waals surface area contributed by atoms with Crippen LogP contribution in [-0.4, -0.2) is 55.4 Å². The standard InChI is InChI=1S/C33H35FN6O4/c1-18-14-38(5)17-33(18)12-24(33)29(42)37-26-10-20(15-39(6)30(26)43)22-7-8-35-28(23(22)16-41)40-31(44)27-19(13-36-40)9-21(11-25(27)34)32(2,3)4/h7-11,13,15,24,41H,1,12,14,16-17H2,2-6H3,(H,37,42). The quantitative estimate of drug-likeness (QED) is 0.337. The lowest BCUT2D eigenvalue weighted by Gasteiger charge is -2.20. The topological polar surface area (TPSA) is 122 Å². The fourth-order valence-electron chi connectivity index (χ4n) is 6.42. The van der Waals surface area contributed by atoms with Crippen molar-refractivity contribution < 1.29 is 14.3 Å². The van der Waals surface area contributed by atoms with Crippen molar-refractivity contribution in [1.29, 1.82) is 0 Å². The predicted molar refractivity (Wildman–Crippen MR) is 166 cm³/mol. The van der Waals surface area contributed by atoms with E-state index in [2.05, 4.69) is 26.9 Å².